The van der Waals surface area contributed by atoms with Crippen LogP contribution in [0.2, 0.25) is 0 Å². The van der Waals surface area contributed by atoms with Gasteiger partial charge in [0.2, 0.25) is 0 Å². The Morgan fingerprint density at radius 3 is 1.12 bits per heavy atom. The summed E-state index contributed by atoms with van der Waals surface area (Å²) in [7, 11) is 0. The highest BCUT2D eigenvalue weighted by Crippen LogP contribution is 2.46. The lowest BCUT2D eigenvalue weighted by Crippen LogP contribution is -2.11. The van der Waals surface area contributed by atoms with Crippen molar-refractivity contribution in [1.82, 2.24) is 0 Å². The van der Waals surface area contributed by atoms with Crippen LogP contribution in [0, 0.1) is 0 Å². The fourth-order valence-electron chi connectivity index (χ4n) is 6.57. The van der Waals surface area contributed by atoms with Crippen LogP contribution < -0.4 is 18.9 Å². The molecule has 8 nitrogen and oxygen atoms in total. The largest absolute Gasteiger partial charge is 0.423 e. The van der Waals surface area contributed by atoms with Crippen LogP contribution >= 0.6 is 0 Å². The quantitative estimate of drug-likeness (QED) is 0.0725. The van der Waals surface area contributed by atoms with Gasteiger partial charge in [-0.1, -0.05) is 121 Å². The van der Waals surface area contributed by atoms with Crippen LogP contribution in [0.3, 0.4) is 0 Å². The van der Waals surface area contributed by atoms with Crippen molar-refractivity contribution < 1.29 is 38.1 Å². The highest BCUT2D eigenvalue weighted by molar-refractivity contribution is 6.11. The number of rotatable bonds is 11. The molecule has 8 aromatic rings. The molecule has 0 N–H and O–H groups in total. The van der Waals surface area contributed by atoms with E-state index in [0.717, 1.165) is 21.5 Å². The molecule has 0 saturated heterocycles. The Bertz CT molecular complexity index is 2710. The molecular weight excluding hydrogens is 753 g/mol. The van der Waals surface area contributed by atoms with E-state index in [9.17, 15) is 19.2 Å². The van der Waals surface area contributed by atoms with Gasteiger partial charge in [0.1, 0.15) is 23.0 Å². The number of esters is 4. The first kappa shape index (κ1) is 38.5. The number of benzene rings is 8. The van der Waals surface area contributed by atoms with E-state index >= 15 is 0 Å². The van der Waals surface area contributed by atoms with Gasteiger partial charge in [0.25, 0.3) is 0 Å². The van der Waals surface area contributed by atoms with Gasteiger partial charge in [0.05, 0.1) is 11.1 Å². The van der Waals surface area contributed by atoms with Crippen molar-refractivity contribution >= 4 is 57.6 Å². The van der Waals surface area contributed by atoms with Crippen LogP contribution in [0.4, 0.5) is 0 Å². The first-order valence-corrected chi connectivity index (χ1v) is 19.0. The van der Waals surface area contributed by atoms with Crippen molar-refractivity contribution in [1.29, 1.82) is 0 Å². The Hall–Kier alpha value is -8.36. The number of para-hydroxylation sites is 2. The summed E-state index contributed by atoms with van der Waals surface area (Å²) in [5, 5.41) is 3.33. The summed E-state index contributed by atoms with van der Waals surface area (Å²) in [6.45, 7) is 0. The van der Waals surface area contributed by atoms with Gasteiger partial charge in [-0.3, -0.25) is 0 Å². The van der Waals surface area contributed by atoms with Crippen molar-refractivity contribution in [2.45, 2.75) is 0 Å². The molecule has 8 heteroatoms. The second kappa shape index (κ2) is 17.8. The lowest BCUT2D eigenvalue weighted by Gasteiger charge is -2.19. The molecule has 0 unspecified atom stereocenters. The van der Waals surface area contributed by atoms with E-state index in [1.54, 1.807) is 121 Å². The minimum Gasteiger partial charge on any atom is -0.423 e. The Labute approximate surface area is 345 Å². The fraction of sp³-hybridized carbons (Fsp3) is 0. The van der Waals surface area contributed by atoms with Crippen molar-refractivity contribution in [2.24, 2.45) is 0 Å². The van der Waals surface area contributed by atoms with E-state index in [-0.39, 0.29) is 22.6 Å². The molecule has 0 aliphatic carbocycles. The highest BCUT2D eigenvalue weighted by atomic mass is 16.5. The summed E-state index contributed by atoms with van der Waals surface area (Å²) in [6.07, 6.45) is 5.83. The minimum atomic E-state index is -0.605. The van der Waals surface area contributed by atoms with Crippen molar-refractivity contribution in [2.75, 3.05) is 0 Å². The smallest absolute Gasteiger partial charge is 0.343 e. The number of carbonyl (C=O) groups excluding carboxylic acids is 4. The molecule has 0 radical (unpaired) electrons. The van der Waals surface area contributed by atoms with Crippen molar-refractivity contribution in [3.8, 4) is 34.1 Å². The van der Waals surface area contributed by atoms with Gasteiger partial charge >= 0.3 is 23.9 Å². The maximum atomic E-state index is 13.8. The Morgan fingerprint density at radius 1 is 0.350 bits per heavy atom. The molecule has 60 heavy (non-hydrogen) atoms. The van der Waals surface area contributed by atoms with Crippen molar-refractivity contribution in [3.05, 3.63) is 216 Å². The molecule has 0 heterocycles. The zero-order valence-electron chi connectivity index (χ0n) is 31.9. The van der Waals surface area contributed by atoms with E-state index in [1.807, 2.05) is 72.8 Å². The minimum absolute atomic E-state index is 0.266. The Kier molecular flexibility index (Phi) is 11.4. The lowest BCUT2D eigenvalue weighted by molar-refractivity contribution is -0.129. The summed E-state index contributed by atoms with van der Waals surface area (Å²) >= 11 is 0. The third kappa shape index (κ3) is 9.09. The number of carbonyl (C=O) groups is 4. The summed E-state index contributed by atoms with van der Waals surface area (Å²) in [4.78, 5) is 52.2. The maximum Gasteiger partial charge on any atom is 0.343 e. The Morgan fingerprint density at radius 2 is 0.717 bits per heavy atom. The number of fused-ring (bicyclic) bond motifs is 2. The van der Waals surface area contributed by atoms with Gasteiger partial charge in [-0.25, -0.2) is 19.2 Å². The molecule has 8 aromatic carbocycles. The molecule has 8 rings (SSSR count). The van der Waals surface area contributed by atoms with E-state index in [4.69, 9.17) is 18.9 Å². The van der Waals surface area contributed by atoms with E-state index in [1.165, 1.54) is 12.2 Å². The second-order valence-electron chi connectivity index (χ2n) is 13.5. The normalized spacial score (nSPS) is 11.1. The van der Waals surface area contributed by atoms with Crippen LogP contribution in [0.5, 0.6) is 23.0 Å². The molecule has 0 bridgehead atoms. The number of hydrogen-bond donors (Lipinski definition) is 0. The van der Waals surface area contributed by atoms with Crippen LogP contribution in [0.25, 0.3) is 44.8 Å². The molecular formula is C52H34O8. The van der Waals surface area contributed by atoms with E-state index in [2.05, 4.69) is 0 Å². The zero-order chi connectivity index (χ0) is 41.3. The van der Waals surface area contributed by atoms with Gasteiger partial charge in [0, 0.05) is 23.3 Å². The molecule has 0 atom stereocenters. The van der Waals surface area contributed by atoms with Gasteiger partial charge < -0.3 is 18.9 Å². The van der Waals surface area contributed by atoms with Gasteiger partial charge in [-0.15, -0.1) is 0 Å². The summed E-state index contributed by atoms with van der Waals surface area (Å²) in [5.74, 6) is -0.862. The first-order chi connectivity index (χ1) is 29.4. The highest BCUT2D eigenvalue weighted by Gasteiger charge is 2.23. The maximum absolute atomic E-state index is 13.8. The zero-order valence-corrected chi connectivity index (χ0v) is 31.9. The first-order valence-electron chi connectivity index (χ1n) is 19.0. The Balaban J connectivity index is 1.06. The predicted molar refractivity (Wildman–Crippen MR) is 232 cm³/mol. The fourth-order valence-corrected chi connectivity index (χ4v) is 6.57. The predicted octanol–water partition coefficient (Wildman–Crippen LogP) is 11.3. The molecule has 0 amide bonds. The molecule has 0 spiro atoms. The van der Waals surface area contributed by atoms with Gasteiger partial charge in [-0.05, 0) is 105 Å². The average Bonchev–Trinajstić information content (AvgIpc) is 3.28. The van der Waals surface area contributed by atoms with Gasteiger partial charge in [-0.2, -0.15) is 0 Å². The number of hydrogen-bond acceptors (Lipinski definition) is 8. The van der Waals surface area contributed by atoms with Crippen molar-refractivity contribution in [3.63, 3.8) is 0 Å². The van der Waals surface area contributed by atoms with E-state index in [0.29, 0.717) is 33.8 Å². The van der Waals surface area contributed by atoms with Crippen LogP contribution in [-0.4, -0.2) is 23.9 Å². The van der Waals surface area contributed by atoms with Crippen LogP contribution in [0.15, 0.2) is 194 Å². The third-order valence-corrected chi connectivity index (χ3v) is 9.48. The molecule has 0 aliphatic heterocycles. The second-order valence-corrected chi connectivity index (χ2v) is 13.5. The molecule has 0 aliphatic rings. The summed E-state index contributed by atoms with van der Waals surface area (Å²) in [5.41, 5.74) is 3.07. The van der Waals surface area contributed by atoms with E-state index < -0.39 is 23.9 Å². The number of ether oxygens (including phenoxy) is 4. The molecule has 0 saturated carbocycles. The van der Waals surface area contributed by atoms with Crippen LogP contribution in [0.1, 0.15) is 31.8 Å². The molecule has 0 aromatic heterocycles. The standard InChI is InChI=1S/C52H34O8/c53-47(57-41-13-3-1-4-14-41)33-23-35-19-25-39(26-20-35)51(55)59-45-31-29-37-11-7-9-17-43(37)49(45)50-44-18-10-8-12-38(44)30-32-46(50)60-52(56)40-27-21-36(22-28-40)24-34-48(54)58-42-15-5-2-6-16-42/h1-34H/b33-23-,34-24-. The third-order valence-electron chi connectivity index (χ3n) is 9.48. The van der Waals surface area contributed by atoms with Gasteiger partial charge in [0.15, 0.2) is 0 Å². The monoisotopic (exact) mass is 786 g/mol. The topological polar surface area (TPSA) is 105 Å². The molecule has 0 fully saturated rings. The summed E-state index contributed by atoms with van der Waals surface area (Å²) in [6, 6.07) is 53.5. The molecule has 290 valence electrons. The SMILES string of the molecule is O=C(/C=C\c1ccc(C(=O)Oc2ccc3ccccc3c2-c2c(OC(=O)c3ccc(/C=C\C(=O)Oc4ccccc4)cc3)ccc3ccccc23)cc1)Oc1ccccc1. The average molecular weight is 787 g/mol. The lowest BCUT2D eigenvalue weighted by atomic mass is 9.92. The van der Waals surface area contributed by atoms with Crippen LogP contribution in [-0.2, 0) is 9.59 Å². The summed E-state index contributed by atoms with van der Waals surface area (Å²) < 4.78 is 23.0.